The van der Waals surface area contributed by atoms with Gasteiger partial charge in [0.1, 0.15) is 5.60 Å². The Kier molecular flexibility index (Phi) is 6.83. The van der Waals surface area contributed by atoms with E-state index in [-0.39, 0.29) is 11.0 Å². The lowest BCUT2D eigenvalue weighted by molar-refractivity contribution is 0.0163. The second-order valence-electron chi connectivity index (χ2n) is 8.77. The summed E-state index contributed by atoms with van der Waals surface area (Å²) in [6, 6.07) is 6.89. The van der Waals surface area contributed by atoms with Crippen LogP contribution in [-0.2, 0) is 14.6 Å². The molecule has 2 heterocycles. The standard InChI is InChI=1S/C22H29N3O5S/c1-22(2,3)30-21(26)25-11-9-16(10-12-25)15-29-20-23-13-18(14-24-20)17-5-7-19(8-6-17)31(4,27)28/h5-8,13-14,16H,9-12,15H2,1-4H3. The first-order chi connectivity index (χ1) is 14.5. The van der Waals surface area contributed by atoms with E-state index in [1.54, 1.807) is 41.6 Å². The number of likely N-dealkylation sites (tertiary alicyclic amines) is 1. The van der Waals surface area contributed by atoms with E-state index in [9.17, 15) is 13.2 Å². The van der Waals surface area contributed by atoms with Crippen LogP contribution in [0.5, 0.6) is 6.01 Å². The maximum Gasteiger partial charge on any atom is 0.410 e. The molecule has 2 aromatic rings. The Morgan fingerprint density at radius 3 is 2.16 bits per heavy atom. The van der Waals surface area contributed by atoms with Gasteiger partial charge >= 0.3 is 12.1 Å². The minimum Gasteiger partial charge on any atom is -0.463 e. The molecule has 9 heteroatoms. The van der Waals surface area contributed by atoms with Crippen LogP contribution in [0, 0.1) is 5.92 Å². The Morgan fingerprint density at radius 1 is 1.06 bits per heavy atom. The minimum absolute atomic E-state index is 0.268. The van der Waals surface area contributed by atoms with Crippen molar-refractivity contribution in [3.63, 3.8) is 0 Å². The smallest absolute Gasteiger partial charge is 0.410 e. The molecule has 0 bridgehead atoms. The topological polar surface area (TPSA) is 98.7 Å². The van der Waals surface area contributed by atoms with Crippen LogP contribution in [0.25, 0.3) is 11.1 Å². The molecule has 0 aliphatic carbocycles. The van der Waals surface area contributed by atoms with Crippen LogP contribution in [0.2, 0.25) is 0 Å². The average molecular weight is 448 g/mol. The third-order valence-corrected chi connectivity index (χ3v) is 6.09. The Bertz CT molecular complexity index is 991. The average Bonchev–Trinajstić information content (AvgIpc) is 2.71. The summed E-state index contributed by atoms with van der Waals surface area (Å²) in [4.78, 5) is 22.7. The maximum atomic E-state index is 12.1. The molecule has 3 rings (SSSR count). The number of piperidine rings is 1. The summed E-state index contributed by atoms with van der Waals surface area (Å²) in [5.74, 6) is 0.325. The molecule has 0 unspecified atom stereocenters. The lowest BCUT2D eigenvalue weighted by atomic mass is 9.98. The van der Waals surface area contributed by atoms with Gasteiger partial charge in [0.15, 0.2) is 9.84 Å². The summed E-state index contributed by atoms with van der Waals surface area (Å²) < 4.78 is 34.3. The van der Waals surface area contributed by atoms with Crippen molar-refractivity contribution in [1.29, 1.82) is 0 Å². The van der Waals surface area contributed by atoms with Gasteiger partial charge in [0.25, 0.3) is 0 Å². The van der Waals surface area contributed by atoms with Crippen LogP contribution in [0.15, 0.2) is 41.6 Å². The fourth-order valence-electron chi connectivity index (χ4n) is 3.24. The Hall–Kier alpha value is -2.68. The summed E-state index contributed by atoms with van der Waals surface area (Å²) in [6.07, 6.45) is 5.90. The molecular formula is C22H29N3O5S. The summed E-state index contributed by atoms with van der Waals surface area (Å²) in [5, 5.41) is 0. The van der Waals surface area contributed by atoms with E-state index < -0.39 is 15.4 Å². The number of rotatable bonds is 5. The Balaban J connectivity index is 1.48. The van der Waals surface area contributed by atoms with Gasteiger partial charge in [-0.2, -0.15) is 0 Å². The van der Waals surface area contributed by atoms with Crippen molar-refractivity contribution in [2.45, 2.75) is 44.1 Å². The number of hydrogen-bond donors (Lipinski definition) is 0. The molecule has 0 radical (unpaired) electrons. The molecule has 1 amide bonds. The predicted molar refractivity (Wildman–Crippen MR) is 117 cm³/mol. The van der Waals surface area contributed by atoms with Gasteiger partial charge in [-0.25, -0.2) is 23.2 Å². The molecule has 1 saturated heterocycles. The Morgan fingerprint density at radius 2 is 1.65 bits per heavy atom. The fourth-order valence-corrected chi connectivity index (χ4v) is 3.87. The highest BCUT2D eigenvalue weighted by atomic mass is 32.2. The van der Waals surface area contributed by atoms with E-state index in [4.69, 9.17) is 9.47 Å². The van der Waals surface area contributed by atoms with E-state index in [1.165, 1.54) is 6.26 Å². The van der Waals surface area contributed by atoms with Crippen LogP contribution in [0.3, 0.4) is 0 Å². The van der Waals surface area contributed by atoms with Crippen LogP contribution < -0.4 is 4.74 Å². The quantitative estimate of drug-likeness (QED) is 0.691. The van der Waals surface area contributed by atoms with Gasteiger partial charge in [0.2, 0.25) is 0 Å². The van der Waals surface area contributed by atoms with E-state index in [1.807, 2.05) is 20.8 Å². The molecule has 1 aromatic heterocycles. The fraction of sp³-hybridized carbons (Fsp3) is 0.500. The molecular weight excluding hydrogens is 418 g/mol. The zero-order valence-electron chi connectivity index (χ0n) is 18.4. The van der Waals surface area contributed by atoms with Crippen LogP contribution in [0.1, 0.15) is 33.6 Å². The van der Waals surface area contributed by atoms with Gasteiger partial charge in [-0.15, -0.1) is 0 Å². The second-order valence-corrected chi connectivity index (χ2v) is 10.8. The molecule has 31 heavy (non-hydrogen) atoms. The maximum absolute atomic E-state index is 12.1. The summed E-state index contributed by atoms with van der Waals surface area (Å²) in [7, 11) is -3.22. The van der Waals surface area contributed by atoms with Crippen LogP contribution in [0.4, 0.5) is 4.79 Å². The minimum atomic E-state index is -3.22. The highest BCUT2D eigenvalue weighted by Crippen LogP contribution is 2.23. The molecule has 1 aliphatic rings. The van der Waals surface area contributed by atoms with E-state index in [0.717, 1.165) is 24.0 Å². The first kappa shape index (κ1) is 23.0. The van der Waals surface area contributed by atoms with Gasteiger partial charge in [0, 0.05) is 37.3 Å². The number of sulfone groups is 1. The monoisotopic (exact) mass is 447 g/mol. The van der Waals surface area contributed by atoms with Gasteiger partial charge in [-0.3, -0.25) is 0 Å². The molecule has 1 aliphatic heterocycles. The van der Waals surface area contributed by atoms with E-state index in [0.29, 0.717) is 31.6 Å². The SMILES string of the molecule is CC(C)(C)OC(=O)N1CCC(COc2ncc(-c3ccc(S(C)(=O)=O)cc3)cn2)CC1. The molecule has 0 saturated carbocycles. The van der Waals surface area contributed by atoms with Crippen molar-refractivity contribution in [3.05, 3.63) is 36.7 Å². The number of carbonyl (C=O) groups is 1. The summed E-state index contributed by atoms with van der Waals surface area (Å²) in [6.45, 7) is 7.37. The second kappa shape index (κ2) is 9.21. The lowest BCUT2D eigenvalue weighted by Gasteiger charge is -2.33. The zero-order chi connectivity index (χ0) is 22.6. The van der Waals surface area contributed by atoms with Gasteiger partial charge < -0.3 is 14.4 Å². The third kappa shape index (κ3) is 6.65. The molecule has 0 N–H and O–H groups in total. The van der Waals surface area contributed by atoms with Gasteiger partial charge in [-0.05, 0) is 57.2 Å². The van der Waals surface area contributed by atoms with E-state index in [2.05, 4.69) is 9.97 Å². The summed E-state index contributed by atoms with van der Waals surface area (Å²) >= 11 is 0. The normalized spacial score (nSPS) is 15.5. The van der Waals surface area contributed by atoms with Crippen molar-refractivity contribution in [1.82, 2.24) is 14.9 Å². The highest BCUT2D eigenvalue weighted by Gasteiger charge is 2.27. The highest BCUT2D eigenvalue weighted by molar-refractivity contribution is 7.90. The van der Waals surface area contributed by atoms with Crippen molar-refractivity contribution in [2.24, 2.45) is 5.92 Å². The molecule has 8 nitrogen and oxygen atoms in total. The van der Waals surface area contributed by atoms with Crippen LogP contribution >= 0.6 is 0 Å². The third-order valence-electron chi connectivity index (χ3n) is 4.96. The Labute approximate surface area is 183 Å². The summed E-state index contributed by atoms with van der Waals surface area (Å²) in [5.41, 5.74) is 1.11. The molecule has 168 valence electrons. The van der Waals surface area contributed by atoms with Crippen LogP contribution in [-0.4, -0.2) is 60.9 Å². The number of nitrogens with zero attached hydrogens (tertiary/aromatic N) is 3. The van der Waals surface area contributed by atoms with Crippen molar-refractivity contribution in [2.75, 3.05) is 26.0 Å². The number of benzene rings is 1. The number of aromatic nitrogens is 2. The number of ether oxygens (including phenoxy) is 2. The first-order valence-corrected chi connectivity index (χ1v) is 12.1. The zero-order valence-corrected chi connectivity index (χ0v) is 19.2. The van der Waals surface area contributed by atoms with Gasteiger partial charge in [0.05, 0.1) is 11.5 Å². The molecule has 0 atom stereocenters. The van der Waals surface area contributed by atoms with Crippen molar-refractivity contribution in [3.8, 4) is 17.1 Å². The van der Waals surface area contributed by atoms with Crippen molar-refractivity contribution < 1.29 is 22.7 Å². The van der Waals surface area contributed by atoms with E-state index >= 15 is 0 Å². The number of amides is 1. The first-order valence-electron chi connectivity index (χ1n) is 10.2. The van der Waals surface area contributed by atoms with Crippen molar-refractivity contribution >= 4 is 15.9 Å². The molecule has 0 spiro atoms. The predicted octanol–water partition coefficient (Wildman–Crippen LogP) is 3.57. The number of carbonyl (C=O) groups excluding carboxylic acids is 1. The lowest BCUT2D eigenvalue weighted by Crippen LogP contribution is -2.42. The molecule has 1 fully saturated rings. The van der Waals surface area contributed by atoms with Gasteiger partial charge in [-0.1, -0.05) is 12.1 Å². The largest absolute Gasteiger partial charge is 0.463 e. The molecule has 1 aromatic carbocycles. The number of hydrogen-bond acceptors (Lipinski definition) is 7.